The Morgan fingerprint density at radius 3 is 2.57 bits per heavy atom. The third kappa shape index (κ3) is 7.05. The molecule has 196 valence electrons. The van der Waals surface area contributed by atoms with Crippen molar-refractivity contribution in [3.8, 4) is 22.8 Å². The number of amides is 2. The molecule has 0 spiro atoms. The van der Waals surface area contributed by atoms with E-state index in [9.17, 15) is 9.59 Å². The lowest BCUT2D eigenvalue weighted by atomic mass is 9.88. The molecule has 3 aromatic rings. The van der Waals surface area contributed by atoms with Crippen molar-refractivity contribution in [3.05, 3.63) is 47.8 Å². The van der Waals surface area contributed by atoms with Crippen LogP contribution < -0.4 is 20.1 Å². The van der Waals surface area contributed by atoms with Crippen LogP contribution in [0.4, 0.5) is 10.8 Å². The van der Waals surface area contributed by atoms with Crippen LogP contribution in [0.3, 0.4) is 0 Å². The molecule has 37 heavy (non-hydrogen) atoms. The Labute approximate surface area is 226 Å². The van der Waals surface area contributed by atoms with Crippen molar-refractivity contribution >= 4 is 45.7 Å². The van der Waals surface area contributed by atoms with Gasteiger partial charge in [-0.1, -0.05) is 32.3 Å². The highest BCUT2D eigenvalue weighted by molar-refractivity contribution is 8.00. The predicted molar refractivity (Wildman–Crippen MR) is 151 cm³/mol. The zero-order valence-electron chi connectivity index (χ0n) is 21.4. The number of nitrogens with zero attached hydrogens (tertiary/aromatic N) is 1. The van der Waals surface area contributed by atoms with Gasteiger partial charge < -0.3 is 20.1 Å². The van der Waals surface area contributed by atoms with Crippen LogP contribution >= 0.6 is 23.1 Å². The summed E-state index contributed by atoms with van der Waals surface area (Å²) in [4.78, 5) is 31.3. The number of carbonyl (C=O) groups excluding carboxylic acids is 2. The SMILES string of the molecule is CCC(Sc1cccc(NC(=O)C2CCCCC2)c1)C(=O)Nc1nc(-c2ccc(OC)c(OC)c2)cs1. The number of nitrogens with one attached hydrogen (secondary N) is 2. The molecule has 2 amide bonds. The van der Waals surface area contributed by atoms with E-state index < -0.39 is 0 Å². The second kappa shape index (κ2) is 13.0. The minimum atomic E-state index is -0.294. The fourth-order valence-electron chi connectivity index (χ4n) is 4.39. The second-order valence-corrected chi connectivity index (χ2v) is 11.1. The van der Waals surface area contributed by atoms with Gasteiger partial charge in [0, 0.05) is 27.4 Å². The van der Waals surface area contributed by atoms with Gasteiger partial charge in [0.1, 0.15) is 0 Å². The molecule has 7 nitrogen and oxygen atoms in total. The molecule has 0 radical (unpaired) electrons. The molecule has 1 aliphatic rings. The normalized spacial score (nSPS) is 14.6. The fourth-order valence-corrected chi connectivity index (χ4v) is 6.12. The maximum atomic E-state index is 13.1. The summed E-state index contributed by atoms with van der Waals surface area (Å²) in [6.07, 6.45) is 6.04. The molecular formula is C28H33N3O4S2. The first kappa shape index (κ1) is 27.0. The topological polar surface area (TPSA) is 89.6 Å². The molecule has 1 atom stereocenters. The third-order valence-corrected chi connectivity index (χ3v) is 8.55. The molecule has 1 unspecified atom stereocenters. The van der Waals surface area contributed by atoms with E-state index >= 15 is 0 Å². The van der Waals surface area contributed by atoms with Crippen molar-refractivity contribution in [2.75, 3.05) is 24.9 Å². The Kier molecular flexibility index (Phi) is 9.46. The number of rotatable bonds is 10. The lowest BCUT2D eigenvalue weighted by Crippen LogP contribution is -2.25. The van der Waals surface area contributed by atoms with E-state index in [-0.39, 0.29) is 23.0 Å². The molecule has 0 saturated heterocycles. The minimum Gasteiger partial charge on any atom is -0.493 e. The van der Waals surface area contributed by atoms with Gasteiger partial charge in [-0.05, 0) is 55.7 Å². The Balaban J connectivity index is 1.38. The largest absolute Gasteiger partial charge is 0.493 e. The summed E-state index contributed by atoms with van der Waals surface area (Å²) < 4.78 is 10.7. The Hall–Kier alpha value is -3.04. The van der Waals surface area contributed by atoms with E-state index in [1.54, 1.807) is 14.2 Å². The molecule has 1 aliphatic carbocycles. The van der Waals surface area contributed by atoms with Crippen LogP contribution in [-0.2, 0) is 9.59 Å². The summed E-state index contributed by atoms with van der Waals surface area (Å²) in [6, 6.07) is 13.3. The first-order chi connectivity index (χ1) is 18.0. The van der Waals surface area contributed by atoms with E-state index in [2.05, 4.69) is 15.6 Å². The van der Waals surface area contributed by atoms with Crippen molar-refractivity contribution in [1.82, 2.24) is 4.98 Å². The Morgan fingerprint density at radius 1 is 1.05 bits per heavy atom. The van der Waals surface area contributed by atoms with Crippen LogP contribution in [0.15, 0.2) is 52.7 Å². The van der Waals surface area contributed by atoms with Crippen LogP contribution in [0.2, 0.25) is 0 Å². The number of thioether (sulfide) groups is 1. The smallest absolute Gasteiger partial charge is 0.239 e. The summed E-state index contributed by atoms with van der Waals surface area (Å²) in [5.74, 6) is 1.37. The molecule has 1 aromatic heterocycles. The van der Waals surface area contributed by atoms with E-state index in [4.69, 9.17) is 9.47 Å². The van der Waals surface area contributed by atoms with Crippen LogP contribution in [0, 0.1) is 5.92 Å². The third-order valence-electron chi connectivity index (χ3n) is 6.43. The van der Waals surface area contributed by atoms with Gasteiger partial charge in [-0.3, -0.25) is 9.59 Å². The number of anilines is 2. The zero-order valence-corrected chi connectivity index (χ0v) is 23.0. The lowest BCUT2D eigenvalue weighted by Gasteiger charge is -2.21. The molecular weight excluding hydrogens is 506 g/mol. The molecule has 0 bridgehead atoms. The van der Waals surface area contributed by atoms with Gasteiger partial charge in [0.05, 0.1) is 25.2 Å². The van der Waals surface area contributed by atoms with Crippen molar-refractivity contribution < 1.29 is 19.1 Å². The zero-order chi connectivity index (χ0) is 26.2. The average molecular weight is 540 g/mol. The molecule has 0 aliphatic heterocycles. The van der Waals surface area contributed by atoms with E-state index in [0.717, 1.165) is 47.5 Å². The van der Waals surface area contributed by atoms with E-state index in [1.807, 2.05) is 54.8 Å². The van der Waals surface area contributed by atoms with Crippen LogP contribution in [0.5, 0.6) is 11.5 Å². The summed E-state index contributed by atoms with van der Waals surface area (Å²) in [7, 11) is 3.19. The molecule has 2 N–H and O–H groups in total. The number of hydrogen-bond donors (Lipinski definition) is 2. The highest BCUT2D eigenvalue weighted by atomic mass is 32.2. The number of thiazole rings is 1. The van der Waals surface area contributed by atoms with Crippen molar-refractivity contribution in [1.29, 1.82) is 0 Å². The van der Waals surface area contributed by atoms with Crippen LogP contribution in [0.25, 0.3) is 11.3 Å². The van der Waals surface area contributed by atoms with Gasteiger partial charge in [-0.15, -0.1) is 23.1 Å². The number of hydrogen-bond acceptors (Lipinski definition) is 7. The molecule has 1 fully saturated rings. The average Bonchev–Trinajstić information content (AvgIpc) is 3.40. The number of ether oxygens (including phenoxy) is 2. The Morgan fingerprint density at radius 2 is 1.84 bits per heavy atom. The van der Waals surface area contributed by atoms with E-state index in [1.165, 1.54) is 29.5 Å². The second-order valence-electron chi connectivity index (χ2n) is 8.96. The minimum absolute atomic E-state index is 0.0979. The van der Waals surface area contributed by atoms with Gasteiger partial charge >= 0.3 is 0 Å². The summed E-state index contributed by atoms with van der Waals surface area (Å²) in [5, 5.41) is 8.19. The van der Waals surface area contributed by atoms with E-state index in [0.29, 0.717) is 23.1 Å². The van der Waals surface area contributed by atoms with Gasteiger partial charge in [-0.25, -0.2) is 4.98 Å². The summed E-state index contributed by atoms with van der Waals surface area (Å²) >= 11 is 2.87. The first-order valence-corrected chi connectivity index (χ1v) is 14.3. The highest BCUT2D eigenvalue weighted by Crippen LogP contribution is 2.34. The van der Waals surface area contributed by atoms with Gasteiger partial charge in [-0.2, -0.15) is 0 Å². The molecule has 1 heterocycles. The molecule has 2 aromatic carbocycles. The van der Waals surface area contributed by atoms with Gasteiger partial charge in [0.15, 0.2) is 16.6 Å². The maximum absolute atomic E-state index is 13.1. The maximum Gasteiger partial charge on any atom is 0.239 e. The predicted octanol–water partition coefficient (Wildman–Crippen LogP) is 6.86. The standard InChI is InChI=1S/C28H33N3O4S2/c1-4-25(37-21-12-8-11-20(16-21)29-26(32)18-9-6-5-7-10-18)27(33)31-28-30-22(17-36-28)19-13-14-23(34-2)24(15-19)35-3/h8,11-18,25H,4-7,9-10H2,1-3H3,(H,29,32)(H,30,31,33). The monoisotopic (exact) mass is 539 g/mol. The summed E-state index contributed by atoms with van der Waals surface area (Å²) in [6.45, 7) is 1.99. The fraction of sp³-hybridized carbons (Fsp3) is 0.393. The quantitative estimate of drug-likeness (QED) is 0.274. The number of benzene rings is 2. The number of carbonyl (C=O) groups is 2. The first-order valence-electron chi connectivity index (χ1n) is 12.6. The van der Waals surface area contributed by atoms with Crippen molar-refractivity contribution in [2.45, 2.75) is 55.6 Å². The van der Waals surface area contributed by atoms with Crippen molar-refractivity contribution in [2.24, 2.45) is 5.92 Å². The lowest BCUT2D eigenvalue weighted by molar-refractivity contribution is -0.120. The van der Waals surface area contributed by atoms with Gasteiger partial charge in [0.2, 0.25) is 11.8 Å². The van der Waals surface area contributed by atoms with Crippen LogP contribution in [0.1, 0.15) is 45.4 Å². The Bertz CT molecular complexity index is 1220. The molecule has 4 rings (SSSR count). The molecule has 9 heteroatoms. The number of methoxy groups -OCH3 is 2. The molecule has 1 saturated carbocycles. The highest BCUT2D eigenvalue weighted by Gasteiger charge is 2.22. The van der Waals surface area contributed by atoms with Gasteiger partial charge in [0.25, 0.3) is 0 Å². The van der Waals surface area contributed by atoms with Crippen molar-refractivity contribution in [3.63, 3.8) is 0 Å². The number of aromatic nitrogens is 1. The van der Waals surface area contributed by atoms with Crippen LogP contribution in [-0.4, -0.2) is 36.3 Å². The summed E-state index contributed by atoms with van der Waals surface area (Å²) in [5.41, 5.74) is 2.40.